The summed E-state index contributed by atoms with van der Waals surface area (Å²) in [5.74, 6) is -1.54. The number of rotatable bonds is 7. The summed E-state index contributed by atoms with van der Waals surface area (Å²) in [4.78, 5) is 11.5. The Labute approximate surface area is 131 Å². The summed E-state index contributed by atoms with van der Waals surface area (Å²) in [6, 6.07) is 4.17. The van der Waals surface area contributed by atoms with Crippen LogP contribution < -0.4 is 9.04 Å². The summed E-state index contributed by atoms with van der Waals surface area (Å²) < 4.78 is 69.6. The maximum Gasteiger partial charge on any atom is 0.573 e. The Hall–Kier alpha value is -1.97. The first kappa shape index (κ1) is 19.1. The lowest BCUT2D eigenvalue weighted by Gasteiger charge is -2.23. The van der Waals surface area contributed by atoms with E-state index in [-0.39, 0.29) is 18.0 Å². The van der Waals surface area contributed by atoms with Gasteiger partial charge >= 0.3 is 12.3 Å². The zero-order valence-electron chi connectivity index (χ0n) is 12.5. The van der Waals surface area contributed by atoms with Gasteiger partial charge in [-0.15, -0.1) is 13.2 Å². The van der Waals surface area contributed by atoms with Crippen molar-refractivity contribution in [2.24, 2.45) is 0 Å². The molecule has 1 rings (SSSR count). The SMILES string of the molecule is CCOC(=O)CN(c1ccc(OC(F)(F)F)cc1)S(=O)(=O)CC. The molecule has 23 heavy (non-hydrogen) atoms. The van der Waals surface area contributed by atoms with Crippen molar-refractivity contribution in [2.75, 3.05) is 23.2 Å². The number of anilines is 1. The average Bonchev–Trinajstić information content (AvgIpc) is 2.44. The third-order valence-corrected chi connectivity index (χ3v) is 4.38. The molecule has 0 aliphatic carbocycles. The van der Waals surface area contributed by atoms with E-state index in [9.17, 15) is 26.4 Å². The van der Waals surface area contributed by atoms with E-state index in [1.807, 2.05) is 0 Å². The number of esters is 1. The van der Waals surface area contributed by atoms with Gasteiger partial charge in [0.15, 0.2) is 0 Å². The molecule has 0 saturated carbocycles. The maximum atomic E-state index is 12.1. The average molecular weight is 355 g/mol. The summed E-state index contributed by atoms with van der Waals surface area (Å²) >= 11 is 0. The molecule has 0 saturated heterocycles. The van der Waals surface area contributed by atoms with Crippen LogP contribution in [0.3, 0.4) is 0 Å². The minimum absolute atomic E-state index is 0.0365. The van der Waals surface area contributed by atoms with E-state index in [4.69, 9.17) is 4.74 Å². The van der Waals surface area contributed by atoms with Gasteiger partial charge in [-0.2, -0.15) is 0 Å². The van der Waals surface area contributed by atoms with Gasteiger partial charge in [-0.05, 0) is 38.1 Å². The van der Waals surface area contributed by atoms with Crippen LogP contribution in [0.15, 0.2) is 24.3 Å². The quantitative estimate of drug-likeness (QED) is 0.702. The lowest BCUT2D eigenvalue weighted by atomic mass is 10.3. The summed E-state index contributed by atoms with van der Waals surface area (Å²) in [6.07, 6.45) is -4.85. The highest BCUT2D eigenvalue weighted by atomic mass is 32.2. The van der Waals surface area contributed by atoms with E-state index in [2.05, 4.69) is 4.74 Å². The van der Waals surface area contributed by atoms with Gasteiger partial charge in [-0.25, -0.2) is 8.42 Å². The lowest BCUT2D eigenvalue weighted by molar-refractivity contribution is -0.274. The summed E-state index contributed by atoms with van der Waals surface area (Å²) in [5, 5.41) is 0. The molecule has 0 N–H and O–H groups in total. The topological polar surface area (TPSA) is 72.9 Å². The zero-order chi connectivity index (χ0) is 17.7. The molecule has 0 atom stereocenters. The highest BCUT2D eigenvalue weighted by Gasteiger charge is 2.31. The molecule has 0 unspecified atom stereocenters. The fourth-order valence-corrected chi connectivity index (χ4v) is 2.70. The number of carbonyl (C=O) groups excluding carboxylic acids is 1. The third-order valence-electron chi connectivity index (χ3n) is 2.64. The Bertz CT molecular complexity index is 628. The third kappa shape index (κ3) is 5.97. The van der Waals surface area contributed by atoms with Crippen LogP contribution >= 0.6 is 0 Å². The number of benzene rings is 1. The van der Waals surface area contributed by atoms with E-state index >= 15 is 0 Å². The molecule has 130 valence electrons. The molecule has 0 aliphatic heterocycles. The molecule has 0 amide bonds. The van der Waals surface area contributed by atoms with E-state index in [0.717, 1.165) is 28.6 Å². The minimum atomic E-state index is -4.85. The van der Waals surface area contributed by atoms with Crippen LogP contribution in [0.2, 0.25) is 0 Å². The fourth-order valence-electron chi connectivity index (χ4n) is 1.64. The lowest BCUT2D eigenvalue weighted by Crippen LogP contribution is -2.37. The second kappa shape index (κ2) is 7.53. The Balaban J connectivity index is 3.05. The largest absolute Gasteiger partial charge is 0.573 e. The number of hydrogen-bond donors (Lipinski definition) is 0. The number of ether oxygens (including phenoxy) is 2. The van der Waals surface area contributed by atoms with Crippen molar-refractivity contribution in [3.05, 3.63) is 24.3 Å². The van der Waals surface area contributed by atoms with Gasteiger partial charge in [0.2, 0.25) is 10.0 Å². The predicted octanol–water partition coefficient (Wildman–Crippen LogP) is 2.30. The molecule has 0 bridgehead atoms. The Morgan fingerprint density at radius 3 is 2.17 bits per heavy atom. The van der Waals surface area contributed by atoms with Crippen LogP contribution in [0, 0.1) is 0 Å². The van der Waals surface area contributed by atoms with Crippen LogP contribution in [0.1, 0.15) is 13.8 Å². The number of nitrogens with zero attached hydrogens (tertiary/aromatic N) is 1. The van der Waals surface area contributed by atoms with E-state index in [1.54, 1.807) is 6.92 Å². The van der Waals surface area contributed by atoms with E-state index in [1.165, 1.54) is 6.92 Å². The highest BCUT2D eigenvalue weighted by molar-refractivity contribution is 7.92. The van der Waals surface area contributed by atoms with Crippen LogP contribution in [-0.2, 0) is 19.6 Å². The van der Waals surface area contributed by atoms with Gasteiger partial charge in [0.1, 0.15) is 12.3 Å². The van der Waals surface area contributed by atoms with Gasteiger partial charge in [0, 0.05) is 0 Å². The number of halogens is 3. The highest BCUT2D eigenvalue weighted by Crippen LogP contribution is 2.26. The van der Waals surface area contributed by atoms with Gasteiger partial charge < -0.3 is 9.47 Å². The second-order valence-electron chi connectivity index (χ2n) is 4.25. The molecular formula is C13H16F3NO5S. The molecule has 0 fully saturated rings. The van der Waals surface area contributed by atoms with Crippen LogP contribution in [0.25, 0.3) is 0 Å². The van der Waals surface area contributed by atoms with Gasteiger partial charge in [0.05, 0.1) is 18.0 Å². The number of alkyl halides is 3. The van der Waals surface area contributed by atoms with Crippen LogP contribution in [-0.4, -0.2) is 39.7 Å². The van der Waals surface area contributed by atoms with Gasteiger partial charge in [-0.3, -0.25) is 9.10 Å². The van der Waals surface area contributed by atoms with Crippen molar-refractivity contribution in [3.63, 3.8) is 0 Å². The van der Waals surface area contributed by atoms with E-state index < -0.39 is 34.6 Å². The van der Waals surface area contributed by atoms with Crippen LogP contribution in [0.5, 0.6) is 5.75 Å². The molecule has 1 aromatic rings. The molecule has 0 aromatic heterocycles. The first-order valence-electron chi connectivity index (χ1n) is 6.61. The Morgan fingerprint density at radius 1 is 1.17 bits per heavy atom. The molecular weight excluding hydrogens is 339 g/mol. The Morgan fingerprint density at radius 2 is 1.74 bits per heavy atom. The molecule has 10 heteroatoms. The van der Waals surface area contributed by atoms with Crippen molar-refractivity contribution in [1.29, 1.82) is 0 Å². The minimum Gasteiger partial charge on any atom is -0.465 e. The van der Waals surface area contributed by atoms with Crippen molar-refractivity contribution >= 4 is 21.7 Å². The summed E-state index contributed by atoms with van der Waals surface area (Å²) in [7, 11) is -3.81. The van der Waals surface area contributed by atoms with Crippen molar-refractivity contribution < 1.29 is 35.9 Å². The maximum absolute atomic E-state index is 12.1. The number of carbonyl (C=O) groups is 1. The Kier molecular flexibility index (Phi) is 6.25. The van der Waals surface area contributed by atoms with Crippen LogP contribution in [0.4, 0.5) is 18.9 Å². The zero-order valence-corrected chi connectivity index (χ0v) is 13.3. The van der Waals surface area contributed by atoms with Crippen molar-refractivity contribution in [3.8, 4) is 5.75 Å². The molecule has 0 radical (unpaired) electrons. The summed E-state index contributed by atoms with van der Waals surface area (Å²) in [5.41, 5.74) is 0.0365. The van der Waals surface area contributed by atoms with Gasteiger partial charge in [-0.1, -0.05) is 0 Å². The monoisotopic (exact) mass is 355 g/mol. The smallest absolute Gasteiger partial charge is 0.465 e. The second-order valence-corrected chi connectivity index (χ2v) is 6.44. The summed E-state index contributed by atoms with van der Waals surface area (Å²) in [6.45, 7) is 2.47. The number of sulfonamides is 1. The van der Waals surface area contributed by atoms with E-state index in [0.29, 0.717) is 0 Å². The molecule has 1 aromatic carbocycles. The first-order valence-corrected chi connectivity index (χ1v) is 8.21. The molecule has 0 heterocycles. The molecule has 0 spiro atoms. The van der Waals surface area contributed by atoms with Crippen molar-refractivity contribution in [2.45, 2.75) is 20.2 Å². The number of hydrogen-bond acceptors (Lipinski definition) is 5. The predicted molar refractivity (Wildman–Crippen MR) is 76.6 cm³/mol. The molecule has 6 nitrogen and oxygen atoms in total. The first-order chi connectivity index (χ1) is 10.6. The molecule has 0 aliphatic rings. The fraction of sp³-hybridized carbons (Fsp3) is 0.462. The van der Waals surface area contributed by atoms with Crippen molar-refractivity contribution in [1.82, 2.24) is 0 Å². The normalized spacial score (nSPS) is 11.9. The van der Waals surface area contributed by atoms with Gasteiger partial charge in [0.25, 0.3) is 0 Å². The standard InChI is InChI=1S/C13H16F3NO5S/c1-3-21-12(18)9-17(23(19,20)4-2)10-5-7-11(8-6-10)22-13(14,15)16/h5-8H,3-4,9H2,1-2H3.